The Bertz CT molecular complexity index is 565. The lowest BCUT2D eigenvalue weighted by Gasteiger charge is -2.36. The third-order valence-corrected chi connectivity index (χ3v) is 5.62. The van der Waals surface area contributed by atoms with E-state index in [4.69, 9.17) is 5.73 Å². The highest BCUT2D eigenvalue weighted by Crippen LogP contribution is 2.33. The van der Waals surface area contributed by atoms with Crippen molar-refractivity contribution in [3.8, 4) is 0 Å². The van der Waals surface area contributed by atoms with E-state index in [0.29, 0.717) is 6.54 Å². The molecule has 0 bridgehead atoms. The van der Waals surface area contributed by atoms with Crippen LogP contribution in [-0.4, -0.2) is 44.5 Å². The molecule has 0 saturated heterocycles. The highest BCUT2D eigenvalue weighted by Gasteiger charge is 2.37. The van der Waals surface area contributed by atoms with Crippen LogP contribution in [0.2, 0.25) is 0 Å². The first-order valence-electron chi connectivity index (χ1n) is 6.74. The zero-order valence-electron chi connectivity index (χ0n) is 12.0. The normalized spacial score (nSPS) is 18.6. The van der Waals surface area contributed by atoms with Crippen LogP contribution in [0.15, 0.2) is 23.4 Å². The highest BCUT2D eigenvalue weighted by atomic mass is 32.2. The van der Waals surface area contributed by atoms with E-state index in [1.54, 1.807) is 0 Å². The molecule has 0 amide bonds. The third-order valence-electron chi connectivity index (χ3n) is 4.18. The van der Waals surface area contributed by atoms with Crippen LogP contribution >= 0.6 is 0 Å². The van der Waals surface area contributed by atoms with Gasteiger partial charge in [-0.3, -0.25) is 4.98 Å². The van der Waals surface area contributed by atoms with Gasteiger partial charge in [0.05, 0.1) is 5.69 Å². The highest BCUT2D eigenvalue weighted by molar-refractivity contribution is 7.89. The van der Waals surface area contributed by atoms with Gasteiger partial charge in [0.2, 0.25) is 10.0 Å². The number of hydrogen-bond acceptors (Lipinski definition) is 5. The molecule has 1 aromatic heterocycles. The first-order chi connectivity index (χ1) is 9.37. The fourth-order valence-corrected chi connectivity index (χ4v) is 3.93. The molecule has 1 saturated carbocycles. The molecule has 2 rings (SSSR count). The number of aromatic nitrogens is 1. The van der Waals surface area contributed by atoms with E-state index in [-0.39, 0.29) is 16.1 Å². The van der Waals surface area contributed by atoms with Gasteiger partial charge in [0.1, 0.15) is 4.90 Å². The van der Waals surface area contributed by atoms with E-state index >= 15 is 0 Å². The fraction of sp³-hybridized carbons (Fsp3) is 0.615. The quantitative estimate of drug-likeness (QED) is 0.840. The second-order valence-electron chi connectivity index (χ2n) is 5.56. The minimum absolute atomic E-state index is 0.0481. The summed E-state index contributed by atoms with van der Waals surface area (Å²) in [7, 11) is 0.382. The molecule has 0 atom stereocenters. The molecule has 6 nitrogen and oxygen atoms in total. The topological polar surface area (TPSA) is 88.3 Å². The van der Waals surface area contributed by atoms with Crippen molar-refractivity contribution in [3.63, 3.8) is 0 Å². The molecule has 0 radical (unpaired) electrons. The molecule has 1 aromatic rings. The van der Waals surface area contributed by atoms with E-state index in [0.717, 1.165) is 25.7 Å². The summed E-state index contributed by atoms with van der Waals surface area (Å²) in [5.41, 5.74) is 5.84. The monoisotopic (exact) mass is 298 g/mol. The molecule has 20 heavy (non-hydrogen) atoms. The van der Waals surface area contributed by atoms with Crippen LogP contribution in [0.3, 0.4) is 0 Å². The Morgan fingerprint density at radius 1 is 1.40 bits per heavy atom. The lowest BCUT2D eigenvalue weighted by Crippen LogP contribution is -2.50. The van der Waals surface area contributed by atoms with E-state index in [1.807, 2.05) is 14.1 Å². The van der Waals surface area contributed by atoms with E-state index in [1.165, 1.54) is 18.5 Å². The Balaban J connectivity index is 2.15. The second-order valence-corrected chi connectivity index (χ2v) is 7.30. The van der Waals surface area contributed by atoms with E-state index in [2.05, 4.69) is 14.6 Å². The first kappa shape index (κ1) is 15.2. The summed E-state index contributed by atoms with van der Waals surface area (Å²) in [5, 5.41) is 0. The average Bonchev–Trinajstić information content (AvgIpc) is 2.87. The summed E-state index contributed by atoms with van der Waals surface area (Å²) in [5.74, 6) is 0. The number of anilines is 1. The van der Waals surface area contributed by atoms with Gasteiger partial charge >= 0.3 is 0 Å². The number of rotatable bonds is 5. The second kappa shape index (κ2) is 5.67. The van der Waals surface area contributed by atoms with Gasteiger partial charge in [-0.15, -0.1) is 0 Å². The molecular formula is C13H22N4O2S. The summed E-state index contributed by atoms with van der Waals surface area (Å²) in [4.78, 5) is 6.00. The predicted octanol–water partition coefficient (Wildman–Crippen LogP) is 0.817. The van der Waals surface area contributed by atoms with Gasteiger partial charge in [0, 0.05) is 24.5 Å². The zero-order valence-corrected chi connectivity index (χ0v) is 12.8. The van der Waals surface area contributed by atoms with Crippen molar-refractivity contribution in [2.75, 3.05) is 26.4 Å². The van der Waals surface area contributed by atoms with Crippen molar-refractivity contribution in [2.24, 2.45) is 0 Å². The van der Waals surface area contributed by atoms with Gasteiger partial charge in [-0.2, -0.15) is 0 Å². The lowest BCUT2D eigenvalue weighted by atomic mass is 9.97. The summed E-state index contributed by atoms with van der Waals surface area (Å²) < 4.78 is 27.3. The number of sulfonamides is 1. The van der Waals surface area contributed by atoms with Crippen LogP contribution in [0.25, 0.3) is 0 Å². The first-order valence-corrected chi connectivity index (χ1v) is 8.22. The number of likely N-dealkylation sites (N-methyl/N-ethyl adjacent to an activating group) is 1. The van der Waals surface area contributed by atoms with Gasteiger partial charge in [-0.1, -0.05) is 12.8 Å². The molecule has 0 spiro atoms. The molecule has 7 heteroatoms. The van der Waals surface area contributed by atoms with Crippen molar-refractivity contribution >= 4 is 15.7 Å². The summed E-state index contributed by atoms with van der Waals surface area (Å²) in [6.07, 6.45) is 7.04. The van der Waals surface area contributed by atoms with Crippen molar-refractivity contribution < 1.29 is 8.42 Å². The Morgan fingerprint density at radius 3 is 2.60 bits per heavy atom. The number of nitrogens with zero attached hydrogens (tertiary/aromatic N) is 2. The number of nitrogen functional groups attached to an aromatic ring is 1. The lowest BCUT2D eigenvalue weighted by molar-refractivity contribution is 0.162. The maximum atomic E-state index is 12.3. The number of nitrogens with two attached hydrogens (primary N) is 1. The van der Waals surface area contributed by atoms with Crippen LogP contribution in [0.1, 0.15) is 25.7 Å². The number of pyridine rings is 1. The fourth-order valence-electron chi connectivity index (χ4n) is 2.74. The number of nitrogens with one attached hydrogen (secondary N) is 1. The van der Waals surface area contributed by atoms with Gasteiger partial charge in [-0.05, 0) is 33.0 Å². The van der Waals surface area contributed by atoms with Crippen LogP contribution in [0.5, 0.6) is 0 Å². The molecule has 0 unspecified atom stereocenters. The molecule has 1 aliphatic rings. The molecule has 0 aliphatic heterocycles. The SMILES string of the molecule is CN(C)C1(CNS(=O)(=O)c2cnccc2N)CCCC1. The van der Waals surface area contributed by atoms with Crippen molar-refractivity contribution in [1.82, 2.24) is 14.6 Å². The summed E-state index contributed by atoms with van der Waals surface area (Å²) in [6.45, 7) is 0.399. The largest absolute Gasteiger partial charge is 0.398 e. The Morgan fingerprint density at radius 2 is 2.05 bits per heavy atom. The third kappa shape index (κ3) is 2.94. The predicted molar refractivity (Wildman–Crippen MR) is 78.7 cm³/mol. The minimum atomic E-state index is -3.61. The standard InChI is InChI=1S/C13H22N4O2S/c1-17(2)13(6-3-4-7-13)10-16-20(18,19)12-9-15-8-5-11(12)14/h5,8-9,16H,3-4,6-7,10H2,1-2H3,(H2,14,15). The van der Waals surface area contributed by atoms with Crippen molar-refractivity contribution in [3.05, 3.63) is 18.5 Å². The molecule has 1 heterocycles. The Hall–Kier alpha value is -1.18. The molecule has 3 N–H and O–H groups in total. The Kier molecular flexibility index (Phi) is 4.31. The molecule has 0 aromatic carbocycles. The Labute approximate surface area is 120 Å². The molecular weight excluding hydrogens is 276 g/mol. The van der Waals surface area contributed by atoms with Gasteiger partial charge in [0.15, 0.2) is 0 Å². The maximum absolute atomic E-state index is 12.3. The van der Waals surface area contributed by atoms with Crippen molar-refractivity contribution in [2.45, 2.75) is 36.1 Å². The smallest absolute Gasteiger partial charge is 0.244 e. The number of hydrogen-bond donors (Lipinski definition) is 2. The van der Waals surface area contributed by atoms with Gasteiger partial charge in [-0.25, -0.2) is 13.1 Å². The van der Waals surface area contributed by atoms with Crippen molar-refractivity contribution in [1.29, 1.82) is 0 Å². The minimum Gasteiger partial charge on any atom is -0.398 e. The zero-order chi connectivity index (χ0) is 14.8. The van der Waals surface area contributed by atoms with Crippen LogP contribution in [-0.2, 0) is 10.0 Å². The molecule has 1 fully saturated rings. The maximum Gasteiger partial charge on any atom is 0.244 e. The van der Waals surface area contributed by atoms with Crippen LogP contribution in [0.4, 0.5) is 5.69 Å². The molecule has 1 aliphatic carbocycles. The van der Waals surface area contributed by atoms with Gasteiger partial charge < -0.3 is 10.6 Å². The van der Waals surface area contributed by atoms with E-state index in [9.17, 15) is 8.42 Å². The average molecular weight is 298 g/mol. The van der Waals surface area contributed by atoms with Crippen LogP contribution < -0.4 is 10.5 Å². The van der Waals surface area contributed by atoms with E-state index < -0.39 is 10.0 Å². The van der Waals surface area contributed by atoms with Gasteiger partial charge in [0.25, 0.3) is 0 Å². The van der Waals surface area contributed by atoms with Crippen LogP contribution in [0, 0.1) is 0 Å². The molecule has 112 valence electrons. The summed E-state index contributed by atoms with van der Waals surface area (Å²) in [6, 6.07) is 1.49. The summed E-state index contributed by atoms with van der Waals surface area (Å²) >= 11 is 0.